The van der Waals surface area contributed by atoms with Crippen LogP contribution < -0.4 is 19.8 Å². The predicted molar refractivity (Wildman–Crippen MR) is 142 cm³/mol. The van der Waals surface area contributed by atoms with Gasteiger partial charge < -0.3 is 14.4 Å². The van der Waals surface area contributed by atoms with E-state index in [0.29, 0.717) is 29.5 Å². The van der Waals surface area contributed by atoms with Gasteiger partial charge in [-0.05, 0) is 54.4 Å². The number of aryl methyl sites for hydroxylation is 1. The highest BCUT2D eigenvalue weighted by Gasteiger charge is 2.13. The van der Waals surface area contributed by atoms with Crippen LogP contribution in [0.1, 0.15) is 27.2 Å². The van der Waals surface area contributed by atoms with E-state index < -0.39 is 0 Å². The van der Waals surface area contributed by atoms with E-state index in [9.17, 15) is 4.79 Å². The van der Waals surface area contributed by atoms with Crippen molar-refractivity contribution in [1.82, 2.24) is 15.6 Å². The summed E-state index contributed by atoms with van der Waals surface area (Å²) in [6.45, 7) is 2.48. The van der Waals surface area contributed by atoms with E-state index in [1.165, 1.54) is 5.56 Å². The van der Waals surface area contributed by atoms with Gasteiger partial charge in [0.05, 0.1) is 19.0 Å². The number of aromatic amines is 1. The molecule has 0 bridgehead atoms. The van der Waals surface area contributed by atoms with Crippen LogP contribution in [0.25, 0.3) is 11.3 Å². The lowest BCUT2D eigenvalue weighted by Gasteiger charge is -2.12. The SMILES string of the molecule is COc1cc(-c2cc(C(=O)N/N=C\c3ccc(N(C)C)cc3)[nH]n2)ccc1OCc1ccc(C)cc1. The van der Waals surface area contributed by atoms with Crippen LogP contribution in [0.15, 0.2) is 77.9 Å². The summed E-state index contributed by atoms with van der Waals surface area (Å²) in [5.74, 6) is 0.821. The molecule has 1 heterocycles. The third-order valence-electron chi connectivity index (χ3n) is 5.59. The van der Waals surface area contributed by atoms with Crippen LogP contribution in [0.3, 0.4) is 0 Å². The van der Waals surface area contributed by atoms with Crippen molar-refractivity contribution in [2.75, 3.05) is 26.1 Å². The molecule has 0 saturated heterocycles. The highest BCUT2D eigenvalue weighted by molar-refractivity contribution is 5.94. The zero-order valence-electron chi connectivity index (χ0n) is 20.8. The fraction of sp³-hybridized carbons (Fsp3) is 0.179. The third-order valence-corrected chi connectivity index (χ3v) is 5.59. The summed E-state index contributed by atoms with van der Waals surface area (Å²) < 4.78 is 11.5. The van der Waals surface area contributed by atoms with Crippen LogP contribution >= 0.6 is 0 Å². The molecule has 0 radical (unpaired) electrons. The highest BCUT2D eigenvalue weighted by Crippen LogP contribution is 2.32. The normalized spacial score (nSPS) is 10.9. The van der Waals surface area contributed by atoms with E-state index in [1.807, 2.05) is 73.6 Å². The third kappa shape index (κ3) is 6.09. The lowest BCUT2D eigenvalue weighted by Crippen LogP contribution is -2.18. The molecule has 4 aromatic rings. The second-order valence-electron chi connectivity index (χ2n) is 8.49. The van der Waals surface area contributed by atoms with Gasteiger partial charge in [0, 0.05) is 25.3 Å². The number of nitrogens with one attached hydrogen (secondary N) is 2. The standard InChI is InChI=1S/C28H29N5O3/c1-19-5-7-21(8-6-19)18-36-26-14-11-22(15-27(26)35-4)24-16-25(31-30-24)28(34)32-29-17-20-9-12-23(13-10-20)33(2)3/h5-17H,18H2,1-4H3,(H,30,31)(H,32,34)/b29-17-. The molecule has 4 rings (SSSR count). The quantitative estimate of drug-likeness (QED) is 0.264. The summed E-state index contributed by atoms with van der Waals surface area (Å²) in [5, 5.41) is 11.1. The molecular weight excluding hydrogens is 454 g/mol. The number of ether oxygens (including phenoxy) is 2. The van der Waals surface area contributed by atoms with Gasteiger partial charge in [0.25, 0.3) is 5.91 Å². The van der Waals surface area contributed by atoms with Gasteiger partial charge >= 0.3 is 0 Å². The summed E-state index contributed by atoms with van der Waals surface area (Å²) in [5.41, 5.74) is 8.45. The average Bonchev–Trinajstić information content (AvgIpc) is 3.39. The van der Waals surface area contributed by atoms with E-state index in [2.05, 4.69) is 39.8 Å². The van der Waals surface area contributed by atoms with Crippen molar-refractivity contribution in [2.24, 2.45) is 5.10 Å². The number of methoxy groups -OCH3 is 1. The van der Waals surface area contributed by atoms with Gasteiger partial charge in [-0.15, -0.1) is 0 Å². The van der Waals surface area contributed by atoms with Crippen molar-refractivity contribution in [3.63, 3.8) is 0 Å². The number of nitrogens with zero attached hydrogens (tertiary/aromatic N) is 3. The molecule has 36 heavy (non-hydrogen) atoms. The molecule has 0 fully saturated rings. The minimum absolute atomic E-state index is 0.295. The molecule has 8 heteroatoms. The molecule has 0 aliphatic rings. The summed E-state index contributed by atoms with van der Waals surface area (Å²) >= 11 is 0. The number of hydrogen-bond acceptors (Lipinski definition) is 6. The number of carbonyl (C=O) groups is 1. The Morgan fingerprint density at radius 3 is 2.47 bits per heavy atom. The van der Waals surface area contributed by atoms with Crippen LogP contribution in [0.5, 0.6) is 11.5 Å². The average molecular weight is 484 g/mol. The number of anilines is 1. The van der Waals surface area contributed by atoms with Crippen LogP contribution in [0.4, 0.5) is 5.69 Å². The Kier molecular flexibility index (Phi) is 7.65. The van der Waals surface area contributed by atoms with Gasteiger partial charge in [-0.2, -0.15) is 10.2 Å². The number of carbonyl (C=O) groups excluding carboxylic acids is 1. The summed E-state index contributed by atoms with van der Waals surface area (Å²) in [6, 6.07) is 23.2. The maximum Gasteiger partial charge on any atom is 0.289 e. The Morgan fingerprint density at radius 2 is 1.78 bits per heavy atom. The first kappa shape index (κ1) is 24.5. The molecule has 0 saturated carbocycles. The number of amides is 1. The Labute approximate surface area is 210 Å². The molecule has 0 unspecified atom stereocenters. The van der Waals surface area contributed by atoms with Gasteiger partial charge in [-0.3, -0.25) is 9.89 Å². The van der Waals surface area contributed by atoms with E-state index >= 15 is 0 Å². The van der Waals surface area contributed by atoms with Crippen molar-refractivity contribution >= 4 is 17.8 Å². The molecule has 8 nitrogen and oxygen atoms in total. The number of hydrazone groups is 1. The van der Waals surface area contributed by atoms with E-state index in [-0.39, 0.29) is 5.91 Å². The first-order valence-corrected chi connectivity index (χ1v) is 11.5. The summed E-state index contributed by atoms with van der Waals surface area (Å²) in [6.07, 6.45) is 1.59. The van der Waals surface area contributed by atoms with Crippen LogP contribution in [-0.4, -0.2) is 43.5 Å². The summed E-state index contributed by atoms with van der Waals surface area (Å²) in [7, 11) is 5.55. The lowest BCUT2D eigenvalue weighted by molar-refractivity contribution is 0.0950. The molecule has 0 aliphatic heterocycles. The first-order chi connectivity index (χ1) is 17.4. The number of aromatic nitrogens is 2. The predicted octanol–water partition coefficient (Wildman–Crippen LogP) is 4.80. The molecule has 0 atom stereocenters. The number of benzene rings is 3. The smallest absolute Gasteiger partial charge is 0.289 e. The highest BCUT2D eigenvalue weighted by atomic mass is 16.5. The van der Waals surface area contributed by atoms with Crippen LogP contribution in [0.2, 0.25) is 0 Å². The van der Waals surface area contributed by atoms with Crippen molar-refractivity contribution in [2.45, 2.75) is 13.5 Å². The zero-order chi connectivity index (χ0) is 25.5. The first-order valence-electron chi connectivity index (χ1n) is 11.5. The van der Waals surface area contributed by atoms with E-state index in [1.54, 1.807) is 19.4 Å². The minimum Gasteiger partial charge on any atom is -0.493 e. The second kappa shape index (κ2) is 11.2. The lowest BCUT2D eigenvalue weighted by atomic mass is 10.1. The minimum atomic E-state index is -0.389. The van der Waals surface area contributed by atoms with Gasteiger partial charge in [0.2, 0.25) is 0 Å². The molecular formula is C28H29N5O3. The van der Waals surface area contributed by atoms with Crippen LogP contribution in [-0.2, 0) is 6.61 Å². The van der Waals surface area contributed by atoms with Crippen LogP contribution in [0, 0.1) is 6.92 Å². The Bertz CT molecular complexity index is 1340. The number of hydrogen-bond donors (Lipinski definition) is 2. The van der Waals surface area contributed by atoms with Gasteiger partial charge in [-0.25, -0.2) is 5.43 Å². The Morgan fingerprint density at radius 1 is 1.03 bits per heavy atom. The maximum atomic E-state index is 12.5. The largest absolute Gasteiger partial charge is 0.493 e. The topological polar surface area (TPSA) is 91.8 Å². The fourth-order valence-corrected chi connectivity index (χ4v) is 3.46. The van der Waals surface area contributed by atoms with Gasteiger partial charge in [-0.1, -0.05) is 42.0 Å². The van der Waals surface area contributed by atoms with E-state index in [4.69, 9.17) is 9.47 Å². The molecule has 184 valence electrons. The second-order valence-corrected chi connectivity index (χ2v) is 8.49. The number of H-pyrrole nitrogens is 1. The Hall–Kier alpha value is -4.59. The fourth-order valence-electron chi connectivity index (χ4n) is 3.46. The molecule has 1 aromatic heterocycles. The molecule has 0 spiro atoms. The van der Waals surface area contributed by atoms with Crippen molar-refractivity contribution < 1.29 is 14.3 Å². The molecule has 3 aromatic carbocycles. The van der Waals surface area contributed by atoms with Crippen molar-refractivity contribution in [3.05, 3.63) is 95.2 Å². The van der Waals surface area contributed by atoms with E-state index in [0.717, 1.165) is 22.4 Å². The Balaban J connectivity index is 1.39. The molecule has 1 amide bonds. The monoisotopic (exact) mass is 483 g/mol. The van der Waals surface area contributed by atoms with Gasteiger partial charge in [0.15, 0.2) is 11.5 Å². The number of rotatable bonds is 9. The molecule has 0 aliphatic carbocycles. The summed E-state index contributed by atoms with van der Waals surface area (Å²) in [4.78, 5) is 14.5. The maximum absolute atomic E-state index is 12.5. The van der Waals surface area contributed by atoms with Crippen molar-refractivity contribution in [3.8, 4) is 22.8 Å². The van der Waals surface area contributed by atoms with Crippen molar-refractivity contribution in [1.29, 1.82) is 0 Å². The van der Waals surface area contributed by atoms with Gasteiger partial charge in [0.1, 0.15) is 12.3 Å². The molecule has 2 N–H and O–H groups in total. The zero-order valence-corrected chi connectivity index (χ0v) is 20.8.